The molecule has 1 unspecified atom stereocenters. The van der Waals surface area contributed by atoms with Crippen LogP contribution in [0.25, 0.3) is 0 Å². The molecule has 0 aliphatic carbocycles. The highest BCUT2D eigenvalue weighted by molar-refractivity contribution is 5.94. The summed E-state index contributed by atoms with van der Waals surface area (Å²) in [7, 11) is 0. The number of carbonyl (C=O) groups is 1. The summed E-state index contributed by atoms with van der Waals surface area (Å²) in [6.45, 7) is 9.85. The lowest BCUT2D eigenvalue weighted by atomic mass is 10.0. The van der Waals surface area contributed by atoms with E-state index in [4.69, 9.17) is 0 Å². The van der Waals surface area contributed by atoms with Crippen LogP contribution in [0.3, 0.4) is 0 Å². The van der Waals surface area contributed by atoms with Gasteiger partial charge < -0.3 is 10.2 Å². The highest BCUT2D eigenvalue weighted by Gasteiger charge is 2.18. The van der Waals surface area contributed by atoms with E-state index in [1.54, 1.807) is 0 Å². The van der Waals surface area contributed by atoms with E-state index in [0.29, 0.717) is 5.92 Å². The van der Waals surface area contributed by atoms with Crippen molar-refractivity contribution in [3.8, 4) is 0 Å². The summed E-state index contributed by atoms with van der Waals surface area (Å²) in [5.41, 5.74) is 3.42. The zero-order valence-electron chi connectivity index (χ0n) is 12.2. The first kappa shape index (κ1) is 14.1. The summed E-state index contributed by atoms with van der Waals surface area (Å²) < 4.78 is 0. The molecule has 1 N–H and O–H groups in total. The van der Waals surface area contributed by atoms with Gasteiger partial charge in [0.15, 0.2) is 0 Å². The lowest BCUT2D eigenvalue weighted by molar-refractivity contribution is 0.0740. The first-order valence-electron chi connectivity index (χ1n) is 7.27. The molecule has 0 saturated carbocycles. The van der Waals surface area contributed by atoms with Crippen LogP contribution < -0.4 is 5.32 Å². The smallest absolute Gasteiger partial charge is 0.253 e. The van der Waals surface area contributed by atoms with Crippen LogP contribution in [0.15, 0.2) is 18.2 Å². The van der Waals surface area contributed by atoms with Gasteiger partial charge in [0.2, 0.25) is 0 Å². The number of fused-ring (bicyclic) bond motifs is 1. The third-order valence-electron chi connectivity index (χ3n) is 3.98. The average molecular weight is 260 g/mol. The summed E-state index contributed by atoms with van der Waals surface area (Å²) >= 11 is 0. The number of rotatable bonds is 5. The maximum atomic E-state index is 12.5. The third kappa shape index (κ3) is 3.16. The zero-order chi connectivity index (χ0) is 13.8. The quantitative estimate of drug-likeness (QED) is 0.883. The van der Waals surface area contributed by atoms with Crippen LogP contribution in [0.1, 0.15) is 48.7 Å². The van der Waals surface area contributed by atoms with E-state index >= 15 is 0 Å². The maximum absolute atomic E-state index is 12.5. The van der Waals surface area contributed by atoms with Gasteiger partial charge in [-0.2, -0.15) is 0 Å². The molecule has 0 radical (unpaired) electrons. The molecule has 1 heterocycles. The minimum Gasteiger partial charge on any atom is -0.339 e. The van der Waals surface area contributed by atoms with Crippen LogP contribution in [0, 0.1) is 5.92 Å². The van der Waals surface area contributed by atoms with Crippen molar-refractivity contribution in [3.05, 3.63) is 34.9 Å². The van der Waals surface area contributed by atoms with Crippen molar-refractivity contribution < 1.29 is 4.79 Å². The first-order valence-corrected chi connectivity index (χ1v) is 7.27. The van der Waals surface area contributed by atoms with Crippen LogP contribution in [0.4, 0.5) is 0 Å². The van der Waals surface area contributed by atoms with Gasteiger partial charge in [0, 0.05) is 31.7 Å². The molecule has 104 valence electrons. The van der Waals surface area contributed by atoms with Gasteiger partial charge in [-0.15, -0.1) is 0 Å². The van der Waals surface area contributed by atoms with Crippen LogP contribution in [0.5, 0.6) is 0 Å². The number of nitrogens with one attached hydrogen (secondary N) is 1. The van der Waals surface area contributed by atoms with E-state index < -0.39 is 0 Å². The van der Waals surface area contributed by atoms with Gasteiger partial charge in [-0.3, -0.25) is 4.79 Å². The van der Waals surface area contributed by atoms with E-state index in [1.165, 1.54) is 11.1 Å². The summed E-state index contributed by atoms with van der Waals surface area (Å²) in [4.78, 5) is 14.5. The highest BCUT2D eigenvalue weighted by Crippen LogP contribution is 2.18. The maximum Gasteiger partial charge on any atom is 0.253 e. The number of nitrogens with zero attached hydrogens (tertiary/aromatic N) is 1. The van der Waals surface area contributed by atoms with Crippen LogP contribution >= 0.6 is 0 Å². The van der Waals surface area contributed by atoms with Crippen molar-refractivity contribution in [1.29, 1.82) is 0 Å². The Balaban J connectivity index is 2.13. The fourth-order valence-electron chi connectivity index (χ4n) is 2.47. The topological polar surface area (TPSA) is 32.3 Å². The molecule has 0 saturated heterocycles. The van der Waals surface area contributed by atoms with Crippen LogP contribution in [0.2, 0.25) is 0 Å². The normalized spacial score (nSPS) is 15.1. The van der Waals surface area contributed by atoms with Crippen LogP contribution in [-0.4, -0.2) is 23.9 Å². The molecule has 0 fully saturated rings. The van der Waals surface area contributed by atoms with Crippen molar-refractivity contribution in [2.45, 2.75) is 40.3 Å². The van der Waals surface area contributed by atoms with Gasteiger partial charge in [-0.25, -0.2) is 0 Å². The molecule has 1 amide bonds. The second-order valence-corrected chi connectivity index (χ2v) is 5.44. The van der Waals surface area contributed by atoms with Crippen molar-refractivity contribution >= 4 is 5.91 Å². The number of benzene rings is 1. The predicted octanol–water partition coefficient (Wildman–Crippen LogP) is 2.80. The molecule has 1 atom stereocenters. The van der Waals surface area contributed by atoms with Gasteiger partial charge >= 0.3 is 0 Å². The Morgan fingerprint density at radius 2 is 2.05 bits per heavy atom. The van der Waals surface area contributed by atoms with Gasteiger partial charge in [-0.05, 0) is 36.1 Å². The largest absolute Gasteiger partial charge is 0.339 e. The van der Waals surface area contributed by atoms with E-state index in [1.807, 2.05) is 11.0 Å². The summed E-state index contributed by atoms with van der Waals surface area (Å²) in [6, 6.07) is 6.10. The SMILES string of the molecule is CCC(C)CN(CC)C(=O)c1ccc2c(c1)CNC2. The van der Waals surface area contributed by atoms with Gasteiger partial charge in [0.25, 0.3) is 5.91 Å². The fraction of sp³-hybridized carbons (Fsp3) is 0.562. The summed E-state index contributed by atoms with van der Waals surface area (Å²) in [5, 5.41) is 3.31. The van der Waals surface area contributed by atoms with Crippen molar-refractivity contribution in [2.75, 3.05) is 13.1 Å². The molecule has 1 aromatic rings. The molecule has 19 heavy (non-hydrogen) atoms. The van der Waals surface area contributed by atoms with Gasteiger partial charge in [0.05, 0.1) is 0 Å². The monoisotopic (exact) mass is 260 g/mol. The van der Waals surface area contributed by atoms with Crippen molar-refractivity contribution in [1.82, 2.24) is 10.2 Å². The standard InChI is InChI=1S/C16H24N2O/c1-4-12(3)11-18(5-2)16(19)13-6-7-14-9-17-10-15(14)8-13/h6-8,12,17H,4-5,9-11H2,1-3H3. The molecule has 1 aliphatic rings. The minimum absolute atomic E-state index is 0.164. The van der Waals surface area contributed by atoms with Gasteiger partial charge in [0.1, 0.15) is 0 Å². The molecule has 0 spiro atoms. The highest BCUT2D eigenvalue weighted by atomic mass is 16.2. The molecular formula is C16H24N2O. The van der Waals surface area contributed by atoms with E-state index in [0.717, 1.165) is 38.2 Å². The Bertz CT molecular complexity index is 456. The molecular weight excluding hydrogens is 236 g/mol. The molecule has 3 nitrogen and oxygen atoms in total. The number of hydrogen-bond acceptors (Lipinski definition) is 2. The van der Waals surface area contributed by atoms with Gasteiger partial charge in [-0.1, -0.05) is 26.3 Å². The molecule has 2 rings (SSSR count). The second-order valence-electron chi connectivity index (χ2n) is 5.44. The average Bonchev–Trinajstić information content (AvgIpc) is 2.90. The van der Waals surface area contributed by atoms with Crippen molar-refractivity contribution in [3.63, 3.8) is 0 Å². The van der Waals surface area contributed by atoms with Crippen LogP contribution in [-0.2, 0) is 13.1 Å². The minimum atomic E-state index is 0.164. The Labute approximate surface area is 116 Å². The molecule has 0 aromatic heterocycles. The summed E-state index contributed by atoms with van der Waals surface area (Å²) in [5.74, 6) is 0.720. The number of hydrogen-bond donors (Lipinski definition) is 1. The van der Waals surface area contributed by atoms with E-state index in [-0.39, 0.29) is 5.91 Å². The Morgan fingerprint density at radius 3 is 2.74 bits per heavy atom. The Kier molecular flexibility index (Phi) is 4.59. The Hall–Kier alpha value is -1.35. The molecule has 0 bridgehead atoms. The molecule has 1 aliphatic heterocycles. The van der Waals surface area contributed by atoms with E-state index in [2.05, 4.69) is 38.2 Å². The molecule has 3 heteroatoms. The lowest BCUT2D eigenvalue weighted by Gasteiger charge is -2.24. The summed E-state index contributed by atoms with van der Waals surface area (Å²) in [6.07, 6.45) is 1.11. The first-order chi connectivity index (χ1) is 9.15. The fourth-order valence-corrected chi connectivity index (χ4v) is 2.47. The van der Waals surface area contributed by atoms with Crippen molar-refractivity contribution in [2.24, 2.45) is 5.92 Å². The number of amides is 1. The molecule has 1 aromatic carbocycles. The Morgan fingerprint density at radius 1 is 1.32 bits per heavy atom. The second kappa shape index (κ2) is 6.20. The lowest BCUT2D eigenvalue weighted by Crippen LogP contribution is -2.34. The number of carbonyl (C=O) groups excluding carboxylic acids is 1. The van der Waals surface area contributed by atoms with E-state index in [9.17, 15) is 4.79 Å². The third-order valence-corrected chi connectivity index (χ3v) is 3.98. The predicted molar refractivity (Wildman–Crippen MR) is 78.0 cm³/mol. The zero-order valence-corrected chi connectivity index (χ0v) is 12.2.